The molecular formula is C28H27N5O2. The van der Waals surface area contributed by atoms with Gasteiger partial charge in [0.05, 0.1) is 24.0 Å². The summed E-state index contributed by atoms with van der Waals surface area (Å²) in [6, 6.07) is 26.5. The van der Waals surface area contributed by atoms with E-state index in [4.69, 9.17) is 6.57 Å². The first kappa shape index (κ1) is 23.9. The first-order valence-electron chi connectivity index (χ1n) is 11.4. The zero-order valence-electron chi connectivity index (χ0n) is 19.5. The number of nitrogens with one attached hydrogen (secondary N) is 2. The van der Waals surface area contributed by atoms with Crippen molar-refractivity contribution in [3.05, 3.63) is 119 Å². The highest BCUT2D eigenvalue weighted by Gasteiger charge is 2.18. The highest BCUT2D eigenvalue weighted by Crippen LogP contribution is 2.25. The first-order chi connectivity index (χ1) is 17.1. The van der Waals surface area contributed by atoms with Crippen LogP contribution in [0.25, 0.3) is 10.5 Å². The van der Waals surface area contributed by atoms with Crippen LogP contribution in [0.15, 0.2) is 84.9 Å². The molecule has 0 spiro atoms. The molecule has 4 aromatic rings. The Bertz CT molecular complexity index is 1340. The maximum atomic E-state index is 13.3. The van der Waals surface area contributed by atoms with Crippen LogP contribution in [0.5, 0.6) is 0 Å². The minimum absolute atomic E-state index is 0.0799. The van der Waals surface area contributed by atoms with Crippen LogP contribution >= 0.6 is 0 Å². The molecule has 1 unspecified atom stereocenters. The Balaban J connectivity index is 1.60. The first-order valence-corrected chi connectivity index (χ1v) is 11.4. The van der Waals surface area contributed by atoms with E-state index >= 15 is 0 Å². The van der Waals surface area contributed by atoms with Crippen molar-refractivity contribution in [2.45, 2.75) is 19.4 Å². The molecule has 0 aliphatic rings. The van der Waals surface area contributed by atoms with Crippen molar-refractivity contribution in [2.75, 3.05) is 18.5 Å². The lowest BCUT2D eigenvalue weighted by Crippen LogP contribution is -2.24. The normalized spacial score (nSPS) is 11.6. The number of rotatable bonds is 9. The third-order valence-electron chi connectivity index (χ3n) is 5.56. The molecule has 0 saturated heterocycles. The molecule has 1 amide bonds. The van der Waals surface area contributed by atoms with E-state index in [0.29, 0.717) is 41.4 Å². The van der Waals surface area contributed by atoms with Crippen molar-refractivity contribution in [1.82, 2.24) is 15.1 Å². The molecule has 4 rings (SSSR count). The van der Waals surface area contributed by atoms with Crippen LogP contribution in [-0.2, 0) is 0 Å². The molecule has 0 aliphatic carbocycles. The number of carbonyl (C=O) groups excluding carboxylic acids is 1. The van der Waals surface area contributed by atoms with Crippen LogP contribution < -0.4 is 10.6 Å². The molecule has 176 valence electrons. The van der Waals surface area contributed by atoms with E-state index in [1.165, 1.54) is 0 Å². The zero-order chi connectivity index (χ0) is 24.6. The number of carbonyl (C=O) groups is 1. The number of hydrogen-bond acceptors (Lipinski definition) is 4. The quantitative estimate of drug-likeness (QED) is 0.239. The zero-order valence-corrected chi connectivity index (χ0v) is 19.5. The van der Waals surface area contributed by atoms with Gasteiger partial charge in [-0.3, -0.25) is 4.79 Å². The number of anilines is 1. The van der Waals surface area contributed by atoms with Crippen molar-refractivity contribution in [3.63, 3.8) is 0 Å². The summed E-state index contributed by atoms with van der Waals surface area (Å²) in [6.45, 7) is 9.87. The van der Waals surface area contributed by atoms with Crippen molar-refractivity contribution in [1.29, 1.82) is 0 Å². The van der Waals surface area contributed by atoms with Crippen molar-refractivity contribution in [2.24, 2.45) is 0 Å². The van der Waals surface area contributed by atoms with Crippen molar-refractivity contribution >= 4 is 17.3 Å². The number of benzene rings is 3. The summed E-state index contributed by atoms with van der Waals surface area (Å²) in [4.78, 5) is 16.7. The molecule has 7 nitrogen and oxygen atoms in total. The average Bonchev–Trinajstić information content (AvgIpc) is 3.29. The van der Waals surface area contributed by atoms with Gasteiger partial charge in [0.25, 0.3) is 5.91 Å². The van der Waals surface area contributed by atoms with E-state index in [1.807, 2.05) is 55.5 Å². The van der Waals surface area contributed by atoms with Gasteiger partial charge in [-0.25, -0.2) is 9.53 Å². The molecule has 7 heteroatoms. The fourth-order valence-electron chi connectivity index (χ4n) is 3.94. The van der Waals surface area contributed by atoms with Gasteiger partial charge in [0.2, 0.25) is 0 Å². The van der Waals surface area contributed by atoms with E-state index in [-0.39, 0.29) is 18.6 Å². The van der Waals surface area contributed by atoms with Gasteiger partial charge in [0.1, 0.15) is 5.69 Å². The van der Waals surface area contributed by atoms with E-state index in [9.17, 15) is 9.90 Å². The largest absolute Gasteiger partial charge is 0.396 e. The lowest BCUT2D eigenvalue weighted by atomic mass is 9.98. The Hall–Kier alpha value is -4.25. The van der Waals surface area contributed by atoms with Crippen molar-refractivity contribution in [3.8, 4) is 5.69 Å². The summed E-state index contributed by atoms with van der Waals surface area (Å²) in [7, 11) is 0. The monoisotopic (exact) mass is 465 g/mol. The number of aliphatic hydroxyl groups is 1. The molecule has 1 atom stereocenters. The Morgan fingerprint density at radius 3 is 2.57 bits per heavy atom. The maximum absolute atomic E-state index is 13.3. The molecule has 1 heterocycles. The van der Waals surface area contributed by atoms with E-state index in [1.54, 1.807) is 28.9 Å². The van der Waals surface area contributed by atoms with E-state index in [0.717, 1.165) is 11.1 Å². The molecule has 0 fully saturated rings. The van der Waals surface area contributed by atoms with Crippen LogP contribution in [0, 0.1) is 13.5 Å². The SMILES string of the molecule is [C-]#[N+]c1cccc(-n2nc(C)cc2C(=O)Nc2cccc(C(NCCCO)c3ccccc3)c2)c1. The Morgan fingerprint density at radius 1 is 1.03 bits per heavy atom. The summed E-state index contributed by atoms with van der Waals surface area (Å²) in [5.41, 5.74) is 4.99. The Kier molecular flexibility index (Phi) is 7.68. The van der Waals surface area contributed by atoms with Gasteiger partial charge in [-0.1, -0.05) is 54.6 Å². The number of hydrogen-bond donors (Lipinski definition) is 3. The minimum atomic E-state index is -0.291. The summed E-state index contributed by atoms with van der Waals surface area (Å²) in [6.07, 6.45) is 0.651. The fraction of sp³-hybridized carbons (Fsp3) is 0.179. The molecule has 0 bridgehead atoms. The van der Waals surface area contributed by atoms with Crippen molar-refractivity contribution < 1.29 is 9.90 Å². The minimum Gasteiger partial charge on any atom is -0.396 e. The van der Waals surface area contributed by atoms with Crippen LogP contribution in [0.3, 0.4) is 0 Å². The van der Waals surface area contributed by atoms with Gasteiger partial charge in [-0.2, -0.15) is 5.10 Å². The summed E-state index contributed by atoms with van der Waals surface area (Å²) < 4.78 is 1.56. The maximum Gasteiger partial charge on any atom is 0.274 e. The second-order valence-electron chi connectivity index (χ2n) is 8.17. The topological polar surface area (TPSA) is 83.5 Å². The predicted octanol–water partition coefficient (Wildman–Crippen LogP) is 5.05. The van der Waals surface area contributed by atoms with Gasteiger partial charge >= 0.3 is 0 Å². The lowest BCUT2D eigenvalue weighted by Gasteiger charge is -2.20. The van der Waals surface area contributed by atoms with E-state index in [2.05, 4.69) is 32.7 Å². The highest BCUT2D eigenvalue weighted by molar-refractivity contribution is 6.03. The third-order valence-corrected chi connectivity index (χ3v) is 5.56. The second kappa shape index (κ2) is 11.3. The second-order valence-corrected chi connectivity index (χ2v) is 8.17. The van der Waals surface area contributed by atoms with Crippen LogP contribution in [0.2, 0.25) is 0 Å². The number of aromatic nitrogens is 2. The van der Waals surface area contributed by atoms with Crippen LogP contribution in [0.1, 0.15) is 39.8 Å². The third kappa shape index (κ3) is 5.82. The molecule has 3 aromatic carbocycles. The van der Waals surface area contributed by atoms with Gasteiger partial charge in [0, 0.05) is 12.3 Å². The molecule has 35 heavy (non-hydrogen) atoms. The number of aliphatic hydroxyl groups excluding tert-OH is 1. The van der Waals surface area contributed by atoms with Gasteiger partial charge in [0.15, 0.2) is 5.69 Å². The van der Waals surface area contributed by atoms with E-state index < -0.39 is 0 Å². The molecule has 0 aliphatic heterocycles. The van der Waals surface area contributed by atoms with Gasteiger partial charge < -0.3 is 15.7 Å². The molecule has 1 aromatic heterocycles. The van der Waals surface area contributed by atoms with Gasteiger partial charge in [-0.05, 0) is 61.3 Å². The highest BCUT2D eigenvalue weighted by atomic mass is 16.3. The smallest absolute Gasteiger partial charge is 0.274 e. The fourth-order valence-corrected chi connectivity index (χ4v) is 3.94. The average molecular weight is 466 g/mol. The Labute approximate surface area is 204 Å². The standard InChI is InChI=1S/C28H27N5O2/c1-20-17-26(33(32-20)25-14-7-12-23(19-25)29-2)28(35)31-24-13-6-11-22(18-24)27(30-15-8-16-34)21-9-4-3-5-10-21/h3-7,9-14,17-19,27,30,34H,8,15-16H2,1H3,(H,31,35). The predicted molar refractivity (Wildman–Crippen MR) is 137 cm³/mol. The molecular weight excluding hydrogens is 438 g/mol. The molecule has 3 N–H and O–H groups in total. The molecule has 0 radical (unpaired) electrons. The lowest BCUT2D eigenvalue weighted by molar-refractivity contribution is 0.101. The Morgan fingerprint density at radius 2 is 1.80 bits per heavy atom. The molecule has 0 saturated carbocycles. The van der Waals surface area contributed by atoms with Crippen LogP contribution in [-0.4, -0.2) is 33.9 Å². The van der Waals surface area contributed by atoms with Crippen LogP contribution in [0.4, 0.5) is 11.4 Å². The summed E-state index contributed by atoms with van der Waals surface area (Å²) in [5, 5.41) is 20.2. The number of amides is 1. The van der Waals surface area contributed by atoms with Gasteiger partial charge in [-0.15, -0.1) is 0 Å². The number of nitrogens with zero attached hydrogens (tertiary/aromatic N) is 3. The number of aryl methyl sites for hydroxylation is 1. The summed E-state index contributed by atoms with van der Waals surface area (Å²) in [5.74, 6) is -0.291. The summed E-state index contributed by atoms with van der Waals surface area (Å²) >= 11 is 0.